The normalized spacial score (nSPS) is 15.9. The first-order valence-electron chi connectivity index (χ1n) is 9.50. The van der Waals surface area contributed by atoms with E-state index in [1.807, 2.05) is 19.0 Å². The number of rotatable bonds is 5. The molecule has 0 amide bonds. The van der Waals surface area contributed by atoms with Crippen LogP contribution < -0.4 is 9.80 Å². The maximum atomic E-state index is 5.46. The minimum absolute atomic E-state index is 0.323. The number of hydrogen-bond donors (Lipinski definition) is 0. The van der Waals surface area contributed by atoms with E-state index in [1.54, 1.807) is 0 Å². The Labute approximate surface area is 155 Å². The molecule has 3 rings (SSSR count). The molecule has 0 radical (unpaired) electrons. The molecule has 1 aliphatic heterocycles. The second kappa shape index (κ2) is 7.60. The second-order valence-corrected chi connectivity index (χ2v) is 7.91. The molecule has 0 N–H and O–H groups in total. The van der Waals surface area contributed by atoms with E-state index < -0.39 is 0 Å². The Kier molecular flexibility index (Phi) is 5.44. The first-order chi connectivity index (χ1) is 12.3. The highest BCUT2D eigenvalue weighted by molar-refractivity contribution is 5.41. The zero-order valence-electron chi connectivity index (χ0n) is 16.7. The third-order valence-electron chi connectivity index (χ3n) is 4.86. The average Bonchev–Trinajstić information content (AvgIpc) is 3.12. The summed E-state index contributed by atoms with van der Waals surface area (Å²) in [4.78, 5) is 18.3. The number of piperidine rings is 1. The van der Waals surface area contributed by atoms with Crippen molar-refractivity contribution < 1.29 is 4.52 Å². The summed E-state index contributed by atoms with van der Waals surface area (Å²) in [5.41, 5.74) is 1.12. The number of hydrogen-bond acceptors (Lipinski definition) is 7. The molecule has 0 unspecified atom stereocenters. The van der Waals surface area contributed by atoms with Crippen molar-refractivity contribution >= 4 is 11.8 Å². The van der Waals surface area contributed by atoms with Crippen LogP contribution in [0.1, 0.15) is 75.7 Å². The molecule has 7 nitrogen and oxygen atoms in total. The fraction of sp³-hybridized carbons (Fsp3) is 0.684. The Morgan fingerprint density at radius 3 is 2.27 bits per heavy atom. The van der Waals surface area contributed by atoms with Gasteiger partial charge in [-0.2, -0.15) is 4.98 Å². The van der Waals surface area contributed by atoms with Gasteiger partial charge in [-0.05, 0) is 23.9 Å². The third-order valence-corrected chi connectivity index (χ3v) is 4.86. The first-order valence-corrected chi connectivity index (χ1v) is 9.50. The maximum absolute atomic E-state index is 5.46. The molecule has 0 aliphatic carbocycles. The summed E-state index contributed by atoms with van der Waals surface area (Å²) in [5, 5.41) is 4.04. The average molecular weight is 358 g/mol. The van der Waals surface area contributed by atoms with Gasteiger partial charge in [0.2, 0.25) is 5.89 Å². The monoisotopic (exact) mass is 358 g/mol. The van der Waals surface area contributed by atoms with Crippen LogP contribution in [0.5, 0.6) is 0 Å². The molecule has 1 aliphatic rings. The topological polar surface area (TPSA) is 71.2 Å². The maximum Gasteiger partial charge on any atom is 0.265 e. The second-order valence-electron chi connectivity index (χ2n) is 7.91. The van der Waals surface area contributed by atoms with Gasteiger partial charge in [0.1, 0.15) is 11.6 Å². The van der Waals surface area contributed by atoms with E-state index in [9.17, 15) is 0 Å². The smallest absolute Gasteiger partial charge is 0.265 e. The summed E-state index contributed by atoms with van der Waals surface area (Å²) in [6, 6.07) is 2.15. The molecule has 1 fully saturated rings. The van der Waals surface area contributed by atoms with Gasteiger partial charge in [-0.25, -0.2) is 9.97 Å². The van der Waals surface area contributed by atoms with Gasteiger partial charge in [0.15, 0.2) is 0 Å². The lowest BCUT2D eigenvalue weighted by atomic mass is 9.96. The van der Waals surface area contributed by atoms with Crippen LogP contribution in [0.3, 0.4) is 0 Å². The van der Waals surface area contributed by atoms with Crippen molar-refractivity contribution in [1.82, 2.24) is 20.1 Å². The molecule has 26 heavy (non-hydrogen) atoms. The van der Waals surface area contributed by atoms with Crippen molar-refractivity contribution in [2.45, 2.75) is 58.3 Å². The Bertz CT molecular complexity index is 705. The minimum atomic E-state index is 0.323. The lowest BCUT2D eigenvalue weighted by Crippen LogP contribution is -2.34. The van der Waals surface area contributed by atoms with Crippen LogP contribution in [0.4, 0.5) is 11.8 Å². The van der Waals surface area contributed by atoms with Crippen LogP contribution in [0.15, 0.2) is 10.6 Å². The van der Waals surface area contributed by atoms with Gasteiger partial charge in [-0.15, -0.1) is 0 Å². The summed E-state index contributed by atoms with van der Waals surface area (Å²) in [5.74, 6) is 4.42. The fourth-order valence-electron chi connectivity index (χ4n) is 3.12. The minimum Gasteiger partial charge on any atom is -0.356 e. The molecule has 2 aromatic heterocycles. The van der Waals surface area contributed by atoms with Crippen molar-refractivity contribution in [3.8, 4) is 0 Å². The predicted octanol–water partition coefficient (Wildman–Crippen LogP) is 3.56. The molecule has 1 saturated heterocycles. The zero-order valence-corrected chi connectivity index (χ0v) is 16.7. The summed E-state index contributed by atoms with van der Waals surface area (Å²) in [7, 11) is 3.84. The molecule has 0 aromatic carbocycles. The quantitative estimate of drug-likeness (QED) is 0.809. The van der Waals surface area contributed by atoms with Gasteiger partial charge in [-0.3, -0.25) is 0 Å². The van der Waals surface area contributed by atoms with Crippen LogP contribution in [0.25, 0.3) is 0 Å². The highest BCUT2D eigenvalue weighted by atomic mass is 16.5. The Morgan fingerprint density at radius 2 is 1.73 bits per heavy atom. The summed E-state index contributed by atoms with van der Waals surface area (Å²) < 4.78 is 5.46. The predicted molar refractivity (Wildman–Crippen MR) is 103 cm³/mol. The SMILES string of the molecule is CC(C)c1cc(N2CCC(c3nc(N(C)C)no3)CC2)nc(C(C)C)n1. The van der Waals surface area contributed by atoms with E-state index >= 15 is 0 Å². The lowest BCUT2D eigenvalue weighted by molar-refractivity contribution is 0.329. The van der Waals surface area contributed by atoms with Crippen LogP contribution in [-0.2, 0) is 0 Å². The summed E-state index contributed by atoms with van der Waals surface area (Å²) >= 11 is 0. The van der Waals surface area contributed by atoms with Gasteiger partial charge in [-0.1, -0.05) is 27.7 Å². The standard InChI is InChI=1S/C19H30N6O/c1-12(2)15-11-16(21-17(20-15)13(3)4)25-9-7-14(8-10-25)18-22-19(23-26-18)24(5)6/h11-14H,7-10H2,1-6H3. The van der Waals surface area contributed by atoms with Gasteiger partial charge in [0.05, 0.1) is 0 Å². The van der Waals surface area contributed by atoms with E-state index in [1.165, 1.54) is 0 Å². The molecule has 0 spiro atoms. The van der Waals surface area contributed by atoms with Gasteiger partial charge < -0.3 is 14.3 Å². The molecular formula is C19H30N6O. The molecule has 142 valence electrons. The van der Waals surface area contributed by atoms with Crippen molar-refractivity contribution in [2.24, 2.45) is 0 Å². The lowest BCUT2D eigenvalue weighted by Gasteiger charge is -2.32. The molecule has 0 atom stereocenters. The van der Waals surface area contributed by atoms with Crippen LogP contribution >= 0.6 is 0 Å². The fourth-order valence-corrected chi connectivity index (χ4v) is 3.12. The molecular weight excluding hydrogens is 328 g/mol. The molecule has 3 heterocycles. The molecule has 2 aromatic rings. The van der Waals surface area contributed by atoms with Gasteiger partial charge in [0.25, 0.3) is 5.95 Å². The van der Waals surface area contributed by atoms with E-state index in [2.05, 4.69) is 48.8 Å². The van der Waals surface area contributed by atoms with Gasteiger partial charge >= 0.3 is 0 Å². The van der Waals surface area contributed by atoms with Crippen molar-refractivity contribution in [3.63, 3.8) is 0 Å². The van der Waals surface area contributed by atoms with Gasteiger partial charge in [0, 0.05) is 50.8 Å². The van der Waals surface area contributed by atoms with Crippen LogP contribution in [0.2, 0.25) is 0 Å². The highest BCUT2D eigenvalue weighted by Crippen LogP contribution is 2.31. The third kappa shape index (κ3) is 3.97. The van der Waals surface area contributed by atoms with Crippen molar-refractivity contribution in [1.29, 1.82) is 0 Å². The van der Waals surface area contributed by atoms with Crippen LogP contribution in [0, 0.1) is 0 Å². The Hall–Kier alpha value is -2.18. The number of anilines is 2. The molecule has 7 heteroatoms. The molecule has 0 bridgehead atoms. The first kappa shape index (κ1) is 18.6. The summed E-state index contributed by atoms with van der Waals surface area (Å²) in [6.45, 7) is 10.5. The van der Waals surface area contributed by atoms with Crippen LogP contribution in [-0.4, -0.2) is 47.3 Å². The summed E-state index contributed by atoms with van der Waals surface area (Å²) in [6.07, 6.45) is 1.99. The number of nitrogens with zero attached hydrogens (tertiary/aromatic N) is 6. The van der Waals surface area contributed by atoms with E-state index in [-0.39, 0.29) is 0 Å². The van der Waals surface area contributed by atoms with E-state index in [0.29, 0.717) is 23.7 Å². The zero-order chi connectivity index (χ0) is 18.8. The number of aromatic nitrogens is 4. The Morgan fingerprint density at radius 1 is 1.04 bits per heavy atom. The molecule has 0 saturated carbocycles. The largest absolute Gasteiger partial charge is 0.356 e. The highest BCUT2D eigenvalue weighted by Gasteiger charge is 2.27. The van der Waals surface area contributed by atoms with Crippen molar-refractivity contribution in [3.05, 3.63) is 23.5 Å². The Balaban J connectivity index is 1.73. The van der Waals surface area contributed by atoms with E-state index in [0.717, 1.165) is 49.2 Å². The van der Waals surface area contributed by atoms with Crippen molar-refractivity contribution in [2.75, 3.05) is 37.0 Å². The van der Waals surface area contributed by atoms with E-state index in [4.69, 9.17) is 14.5 Å².